The number of hydrogen-bond acceptors (Lipinski definition) is 7. The maximum Gasteiger partial charge on any atom is 0.257 e. The van der Waals surface area contributed by atoms with Gasteiger partial charge in [0.15, 0.2) is 11.5 Å². The van der Waals surface area contributed by atoms with E-state index in [4.69, 9.17) is 10.1 Å². The van der Waals surface area contributed by atoms with Crippen molar-refractivity contribution >= 4 is 40.9 Å². The molecule has 1 aliphatic carbocycles. The van der Waals surface area contributed by atoms with E-state index in [0.29, 0.717) is 36.7 Å². The molecule has 1 saturated heterocycles. The third-order valence-electron chi connectivity index (χ3n) is 8.95. The number of rotatable bonds is 6. The summed E-state index contributed by atoms with van der Waals surface area (Å²) in [7, 11) is 0. The molecular weight excluding hydrogens is 578 g/mol. The van der Waals surface area contributed by atoms with E-state index in [0.717, 1.165) is 36.6 Å². The van der Waals surface area contributed by atoms with Gasteiger partial charge in [0.1, 0.15) is 11.5 Å². The van der Waals surface area contributed by atoms with Gasteiger partial charge in [0, 0.05) is 54.7 Å². The van der Waals surface area contributed by atoms with Crippen molar-refractivity contribution in [3.8, 4) is 0 Å². The lowest BCUT2D eigenvalue weighted by Crippen LogP contribution is -2.48. The average Bonchev–Trinajstić information content (AvgIpc) is 3.49. The van der Waals surface area contributed by atoms with E-state index in [1.54, 1.807) is 28.9 Å². The second-order valence-corrected chi connectivity index (χ2v) is 12.4. The third kappa shape index (κ3) is 5.67. The molecule has 0 spiro atoms. The Hall–Kier alpha value is -5.00. The lowest BCUT2D eigenvalue weighted by atomic mass is 9.98. The van der Waals surface area contributed by atoms with Crippen molar-refractivity contribution in [2.75, 3.05) is 25.0 Å². The molecule has 1 aromatic carbocycles. The monoisotopic (exact) mass is 610 g/mol. The number of halogens is 2. The van der Waals surface area contributed by atoms with Crippen molar-refractivity contribution in [1.29, 1.82) is 0 Å². The van der Waals surface area contributed by atoms with E-state index in [1.165, 1.54) is 24.4 Å². The molecule has 2 fully saturated rings. The lowest BCUT2D eigenvalue weighted by molar-refractivity contribution is -0.134. The second-order valence-electron chi connectivity index (χ2n) is 12.4. The summed E-state index contributed by atoms with van der Waals surface area (Å²) in [5.74, 6) is -0.990. The zero-order valence-corrected chi connectivity index (χ0v) is 25.0. The standard InChI is InChI=1S/C33H32F2N8O2/c1-33(2)18-24(33)32(45)41-14-10-23(11-15-41)42-16-13-37-29(20-3-5-22(34)6-4-20)30(42)25-7-8-28-38-27(19-43(28)40-25)39-31(44)21-9-12-36-26(35)17-21/h3-9,12-13,17,19,23-24H,10-11,14-16,18H2,1-2H3,(H,39,44). The van der Waals surface area contributed by atoms with E-state index >= 15 is 0 Å². The maximum absolute atomic E-state index is 13.9. The quantitative estimate of drug-likeness (QED) is 0.311. The van der Waals surface area contributed by atoms with Crippen LogP contribution >= 0.6 is 0 Å². The number of pyridine rings is 1. The molecule has 1 saturated carbocycles. The van der Waals surface area contributed by atoms with Gasteiger partial charge in [0.2, 0.25) is 11.9 Å². The number of hydrogen-bond donors (Lipinski definition) is 1. The summed E-state index contributed by atoms with van der Waals surface area (Å²) in [6.45, 7) is 6.21. The minimum absolute atomic E-state index is 0.0918. The molecule has 45 heavy (non-hydrogen) atoms. The summed E-state index contributed by atoms with van der Waals surface area (Å²) >= 11 is 0. The molecule has 1 atom stereocenters. The Morgan fingerprint density at radius 3 is 2.49 bits per heavy atom. The molecule has 3 aliphatic rings. The molecule has 2 aliphatic heterocycles. The average molecular weight is 611 g/mol. The van der Waals surface area contributed by atoms with Crippen LogP contribution in [0.25, 0.3) is 17.0 Å². The highest BCUT2D eigenvalue weighted by molar-refractivity contribution is 6.03. The van der Waals surface area contributed by atoms with E-state index < -0.39 is 11.9 Å². The molecule has 0 radical (unpaired) electrons. The van der Waals surface area contributed by atoms with Crippen LogP contribution in [0.15, 0.2) is 65.9 Å². The zero-order valence-electron chi connectivity index (χ0n) is 25.0. The summed E-state index contributed by atoms with van der Waals surface area (Å²) < 4.78 is 29.0. The fourth-order valence-electron chi connectivity index (χ4n) is 6.24. The molecule has 7 rings (SSSR count). The number of carbonyl (C=O) groups excluding carboxylic acids is 2. The van der Waals surface area contributed by atoms with Gasteiger partial charge >= 0.3 is 0 Å². The van der Waals surface area contributed by atoms with E-state index in [2.05, 4.69) is 34.0 Å². The van der Waals surface area contributed by atoms with Gasteiger partial charge in [-0.1, -0.05) is 13.8 Å². The Morgan fingerprint density at radius 2 is 1.78 bits per heavy atom. The second kappa shape index (κ2) is 11.2. The zero-order chi connectivity index (χ0) is 31.3. The first kappa shape index (κ1) is 28.8. The van der Waals surface area contributed by atoms with Crippen LogP contribution in [0.5, 0.6) is 0 Å². The molecule has 10 nitrogen and oxygen atoms in total. The summed E-state index contributed by atoms with van der Waals surface area (Å²) in [4.78, 5) is 42.7. The van der Waals surface area contributed by atoms with Gasteiger partial charge in [0.05, 0.1) is 24.1 Å². The molecule has 5 heterocycles. The Bertz CT molecular complexity index is 1860. The van der Waals surface area contributed by atoms with Crippen LogP contribution < -0.4 is 5.32 Å². The molecular formula is C33H32F2N8O2. The summed E-state index contributed by atoms with van der Waals surface area (Å²) in [5, 5.41) is 7.55. The Kier molecular flexibility index (Phi) is 7.14. The number of likely N-dealkylation sites (tertiary alicyclic amines) is 1. The largest absolute Gasteiger partial charge is 0.360 e. The van der Waals surface area contributed by atoms with Gasteiger partial charge in [-0.05, 0) is 67.1 Å². The first-order valence-electron chi connectivity index (χ1n) is 15.0. The summed E-state index contributed by atoms with van der Waals surface area (Å²) in [5.41, 5.74) is 3.55. The van der Waals surface area contributed by atoms with E-state index in [1.807, 2.05) is 17.2 Å². The summed E-state index contributed by atoms with van der Waals surface area (Å²) in [6, 6.07) is 12.5. The SMILES string of the molecule is CC1(C)CC1C(=O)N1CCC(N2CC=NC(c3ccc(F)cc3)=C2c2ccc3nc(NC(=O)c4ccnc(F)c4)cn3n2)CC1. The van der Waals surface area contributed by atoms with E-state index in [9.17, 15) is 18.4 Å². The molecule has 230 valence electrons. The third-order valence-corrected chi connectivity index (χ3v) is 8.95. The highest BCUT2D eigenvalue weighted by atomic mass is 19.1. The fraction of sp³-hybridized carbons (Fsp3) is 0.333. The Balaban J connectivity index is 1.19. The predicted molar refractivity (Wildman–Crippen MR) is 165 cm³/mol. The normalized spacial score (nSPS) is 19.7. The number of amides is 2. The molecule has 1 N–H and O–H groups in total. The first-order valence-corrected chi connectivity index (χ1v) is 15.0. The molecule has 0 bridgehead atoms. The number of nitrogens with zero attached hydrogens (tertiary/aromatic N) is 7. The van der Waals surface area contributed by atoms with Crippen molar-refractivity contribution in [2.45, 2.75) is 39.2 Å². The van der Waals surface area contributed by atoms with Crippen LogP contribution in [-0.2, 0) is 4.79 Å². The van der Waals surface area contributed by atoms with Crippen LogP contribution in [0.4, 0.5) is 14.6 Å². The maximum atomic E-state index is 13.9. The summed E-state index contributed by atoms with van der Waals surface area (Å²) in [6.07, 6.45) is 7.21. The Labute approximate surface area is 258 Å². The van der Waals surface area contributed by atoms with Crippen LogP contribution in [0, 0.1) is 23.1 Å². The van der Waals surface area contributed by atoms with Crippen molar-refractivity contribution in [3.05, 3.63) is 89.5 Å². The lowest BCUT2D eigenvalue weighted by Gasteiger charge is -2.41. The van der Waals surface area contributed by atoms with Crippen molar-refractivity contribution in [3.63, 3.8) is 0 Å². The van der Waals surface area contributed by atoms with Crippen molar-refractivity contribution in [1.82, 2.24) is 29.4 Å². The highest BCUT2D eigenvalue weighted by Gasteiger charge is 2.52. The van der Waals surface area contributed by atoms with Crippen molar-refractivity contribution < 1.29 is 18.4 Å². The Morgan fingerprint density at radius 1 is 1.02 bits per heavy atom. The molecule has 12 heteroatoms. The number of aromatic nitrogens is 4. The molecule has 3 aromatic heterocycles. The fourth-order valence-corrected chi connectivity index (χ4v) is 6.24. The smallest absolute Gasteiger partial charge is 0.257 e. The predicted octanol–water partition coefficient (Wildman–Crippen LogP) is 4.90. The van der Waals surface area contributed by atoms with Crippen LogP contribution in [0.1, 0.15) is 54.7 Å². The van der Waals surface area contributed by atoms with Crippen molar-refractivity contribution in [2.24, 2.45) is 16.3 Å². The van der Waals surface area contributed by atoms with Gasteiger partial charge in [-0.3, -0.25) is 14.6 Å². The highest BCUT2D eigenvalue weighted by Crippen LogP contribution is 2.52. The number of nitrogens with one attached hydrogen (secondary N) is 1. The number of anilines is 1. The molecule has 4 aromatic rings. The topological polar surface area (TPSA) is 108 Å². The van der Waals surface area contributed by atoms with Crippen LogP contribution in [0.3, 0.4) is 0 Å². The number of benzene rings is 1. The minimum atomic E-state index is -0.752. The van der Waals surface area contributed by atoms with Crippen LogP contribution in [0.2, 0.25) is 0 Å². The van der Waals surface area contributed by atoms with Gasteiger partial charge in [-0.2, -0.15) is 9.49 Å². The number of fused-ring (bicyclic) bond motifs is 1. The van der Waals surface area contributed by atoms with Gasteiger partial charge in [-0.25, -0.2) is 18.9 Å². The van der Waals surface area contributed by atoms with Gasteiger partial charge in [-0.15, -0.1) is 0 Å². The number of carbonyl (C=O) groups is 2. The first-order chi connectivity index (χ1) is 21.7. The number of piperidine rings is 1. The van der Waals surface area contributed by atoms with E-state index in [-0.39, 0.29) is 40.5 Å². The number of imidazole rings is 1. The van der Waals surface area contributed by atoms with Crippen LogP contribution in [-0.4, -0.2) is 73.1 Å². The molecule has 2 amide bonds. The van der Waals surface area contributed by atoms with Gasteiger partial charge in [0.25, 0.3) is 5.91 Å². The number of aliphatic imine (C=N–C) groups is 1. The molecule has 1 unspecified atom stereocenters. The minimum Gasteiger partial charge on any atom is -0.360 e. The van der Waals surface area contributed by atoms with Gasteiger partial charge < -0.3 is 15.1 Å².